The van der Waals surface area contributed by atoms with Gasteiger partial charge in [0.1, 0.15) is 12.2 Å². The maximum absolute atomic E-state index is 8.60. The minimum Gasteiger partial charge on any atom is -0.409 e. The summed E-state index contributed by atoms with van der Waals surface area (Å²) in [5.41, 5.74) is 7.21. The number of oxime groups is 1. The van der Waals surface area contributed by atoms with Gasteiger partial charge in [-0.25, -0.2) is 4.98 Å². The van der Waals surface area contributed by atoms with Gasteiger partial charge >= 0.3 is 0 Å². The minimum absolute atomic E-state index is 0.0995. The number of amidine groups is 1. The Bertz CT molecular complexity index is 574. The van der Waals surface area contributed by atoms with Gasteiger partial charge in [0.2, 0.25) is 0 Å². The monoisotopic (exact) mass is 260 g/mol. The summed E-state index contributed by atoms with van der Waals surface area (Å²) < 4.78 is 1.74. The van der Waals surface area contributed by atoms with Crippen molar-refractivity contribution in [2.45, 2.75) is 6.54 Å². The van der Waals surface area contributed by atoms with Gasteiger partial charge in [0.05, 0.1) is 6.54 Å². The number of rotatable bonds is 4. The Balaban J connectivity index is 2.12. The molecule has 0 bridgehead atoms. The van der Waals surface area contributed by atoms with E-state index in [2.05, 4.69) is 15.2 Å². The Morgan fingerprint density at radius 1 is 1.42 bits per heavy atom. The molecule has 1 aromatic carbocycles. The van der Waals surface area contributed by atoms with Gasteiger partial charge in [-0.1, -0.05) is 5.16 Å². The molecule has 100 valence electrons. The molecule has 0 aliphatic rings. The normalized spacial score (nSPS) is 11.6. The number of nitrogens with zero attached hydrogens (tertiary/aromatic N) is 5. The highest BCUT2D eigenvalue weighted by molar-refractivity contribution is 5.97. The van der Waals surface area contributed by atoms with Crippen LogP contribution in [0.25, 0.3) is 0 Å². The fourth-order valence-corrected chi connectivity index (χ4v) is 1.71. The van der Waals surface area contributed by atoms with E-state index in [1.807, 2.05) is 31.1 Å². The zero-order chi connectivity index (χ0) is 13.8. The number of aryl methyl sites for hydroxylation is 1. The van der Waals surface area contributed by atoms with Gasteiger partial charge in [0.15, 0.2) is 5.84 Å². The number of hydrogen-bond acceptors (Lipinski definition) is 5. The van der Waals surface area contributed by atoms with Crippen molar-refractivity contribution in [1.82, 2.24) is 14.8 Å². The van der Waals surface area contributed by atoms with Crippen molar-refractivity contribution in [2.24, 2.45) is 17.9 Å². The molecule has 0 amide bonds. The zero-order valence-corrected chi connectivity index (χ0v) is 10.9. The highest BCUT2D eigenvalue weighted by Gasteiger charge is 2.07. The molecule has 0 unspecified atom stereocenters. The maximum atomic E-state index is 8.60. The summed E-state index contributed by atoms with van der Waals surface area (Å²) in [6, 6.07) is 7.42. The maximum Gasteiger partial charge on any atom is 0.170 e. The zero-order valence-electron chi connectivity index (χ0n) is 10.9. The van der Waals surface area contributed by atoms with Gasteiger partial charge in [-0.2, -0.15) is 5.10 Å². The number of aromatic nitrogens is 3. The molecule has 1 heterocycles. The van der Waals surface area contributed by atoms with Gasteiger partial charge in [-0.3, -0.25) is 4.68 Å². The fourth-order valence-electron chi connectivity index (χ4n) is 1.71. The molecule has 2 rings (SSSR count). The number of nitrogens with two attached hydrogens (primary N) is 1. The third-order valence-electron chi connectivity index (χ3n) is 2.90. The largest absolute Gasteiger partial charge is 0.409 e. The second kappa shape index (κ2) is 5.38. The molecule has 0 saturated heterocycles. The minimum atomic E-state index is 0.0995. The Hall–Kier alpha value is -2.57. The molecule has 7 heteroatoms. The second-order valence-corrected chi connectivity index (χ2v) is 4.19. The molecular weight excluding hydrogens is 244 g/mol. The molecule has 7 nitrogen and oxygen atoms in total. The van der Waals surface area contributed by atoms with Gasteiger partial charge in [-0.05, 0) is 24.3 Å². The quantitative estimate of drug-likeness (QED) is 0.362. The summed E-state index contributed by atoms with van der Waals surface area (Å²) in [4.78, 5) is 6.22. The van der Waals surface area contributed by atoms with Crippen LogP contribution in [0, 0.1) is 0 Å². The van der Waals surface area contributed by atoms with E-state index >= 15 is 0 Å². The van der Waals surface area contributed by atoms with E-state index in [0.29, 0.717) is 12.1 Å². The number of anilines is 1. The van der Waals surface area contributed by atoms with Crippen LogP contribution < -0.4 is 10.6 Å². The summed E-state index contributed by atoms with van der Waals surface area (Å²) in [7, 11) is 3.82. The topological polar surface area (TPSA) is 92.6 Å². The number of hydrogen-bond donors (Lipinski definition) is 2. The van der Waals surface area contributed by atoms with E-state index in [0.717, 1.165) is 11.5 Å². The molecular formula is C12H16N6O. The van der Waals surface area contributed by atoms with Crippen LogP contribution in [0.3, 0.4) is 0 Å². The van der Waals surface area contributed by atoms with Crippen molar-refractivity contribution >= 4 is 11.5 Å². The lowest BCUT2D eigenvalue weighted by Crippen LogP contribution is -2.19. The van der Waals surface area contributed by atoms with Gasteiger partial charge in [-0.15, -0.1) is 0 Å². The van der Waals surface area contributed by atoms with Crippen LogP contribution in [0.5, 0.6) is 0 Å². The molecule has 19 heavy (non-hydrogen) atoms. The second-order valence-electron chi connectivity index (χ2n) is 4.19. The highest BCUT2D eigenvalue weighted by atomic mass is 16.4. The van der Waals surface area contributed by atoms with Crippen molar-refractivity contribution in [3.63, 3.8) is 0 Å². The molecule has 0 aliphatic heterocycles. The van der Waals surface area contributed by atoms with E-state index in [9.17, 15) is 0 Å². The first-order valence-corrected chi connectivity index (χ1v) is 5.74. The Morgan fingerprint density at radius 3 is 2.63 bits per heavy atom. The SMILES string of the molecule is CN(Cc1ncnn1C)c1ccc(C(N)=NO)cc1. The summed E-state index contributed by atoms with van der Waals surface area (Å²) >= 11 is 0. The van der Waals surface area contributed by atoms with Crippen LogP contribution in [0.4, 0.5) is 5.69 Å². The van der Waals surface area contributed by atoms with Gasteiger partial charge < -0.3 is 15.8 Å². The van der Waals surface area contributed by atoms with Crippen molar-refractivity contribution < 1.29 is 5.21 Å². The van der Waals surface area contributed by atoms with E-state index in [-0.39, 0.29) is 5.84 Å². The average Bonchev–Trinajstić information content (AvgIpc) is 2.83. The molecule has 2 aromatic rings. The van der Waals surface area contributed by atoms with Crippen LogP contribution in [0.1, 0.15) is 11.4 Å². The van der Waals surface area contributed by atoms with E-state index < -0.39 is 0 Å². The van der Waals surface area contributed by atoms with Crippen molar-refractivity contribution in [2.75, 3.05) is 11.9 Å². The third kappa shape index (κ3) is 2.82. The summed E-state index contributed by atoms with van der Waals surface area (Å²) in [5.74, 6) is 0.977. The van der Waals surface area contributed by atoms with Gasteiger partial charge in [0, 0.05) is 25.3 Å². The number of benzene rings is 1. The van der Waals surface area contributed by atoms with Crippen LogP contribution in [0.15, 0.2) is 35.7 Å². The lowest BCUT2D eigenvalue weighted by Gasteiger charge is -2.18. The van der Waals surface area contributed by atoms with Crippen molar-refractivity contribution in [3.8, 4) is 0 Å². The third-order valence-corrected chi connectivity index (χ3v) is 2.90. The van der Waals surface area contributed by atoms with Crippen LogP contribution >= 0.6 is 0 Å². The molecule has 0 aliphatic carbocycles. The first-order valence-electron chi connectivity index (χ1n) is 5.74. The Labute approximate surface area is 111 Å². The summed E-state index contributed by atoms with van der Waals surface area (Å²) in [6.45, 7) is 0.652. The highest BCUT2D eigenvalue weighted by Crippen LogP contribution is 2.15. The van der Waals surface area contributed by atoms with E-state index in [1.54, 1.807) is 16.8 Å². The lowest BCUT2D eigenvalue weighted by molar-refractivity contribution is 0.318. The summed E-state index contributed by atoms with van der Waals surface area (Å²) in [6.07, 6.45) is 1.53. The van der Waals surface area contributed by atoms with E-state index in [4.69, 9.17) is 10.9 Å². The predicted octanol–water partition coefficient (Wildman–Crippen LogP) is 0.546. The first kappa shape index (κ1) is 12.9. The van der Waals surface area contributed by atoms with E-state index in [1.165, 1.54) is 6.33 Å². The predicted molar refractivity (Wildman–Crippen MR) is 72.1 cm³/mol. The molecule has 0 saturated carbocycles. The summed E-state index contributed by atoms with van der Waals surface area (Å²) in [5, 5.41) is 15.6. The molecule has 1 aromatic heterocycles. The molecule has 0 spiro atoms. The van der Waals surface area contributed by atoms with Crippen LogP contribution in [0.2, 0.25) is 0 Å². The average molecular weight is 260 g/mol. The fraction of sp³-hybridized carbons (Fsp3) is 0.250. The Morgan fingerprint density at radius 2 is 2.11 bits per heavy atom. The molecule has 0 fully saturated rings. The van der Waals surface area contributed by atoms with Gasteiger partial charge in [0.25, 0.3) is 0 Å². The van der Waals surface area contributed by atoms with Crippen molar-refractivity contribution in [3.05, 3.63) is 42.0 Å². The first-order chi connectivity index (χ1) is 9.11. The van der Waals surface area contributed by atoms with Crippen LogP contribution in [-0.4, -0.2) is 32.9 Å². The smallest absolute Gasteiger partial charge is 0.170 e. The molecule has 0 radical (unpaired) electrons. The Kier molecular flexibility index (Phi) is 3.65. The lowest BCUT2D eigenvalue weighted by atomic mass is 10.2. The standard InChI is InChI=1S/C12H16N6O/c1-17(7-11-14-8-15-18(11)2)10-5-3-9(4-6-10)12(13)16-19/h3-6,8,19H,7H2,1-2H3,(H2,13,16). The molecule has 0 atom stereocenters. The van der Waals surface area contributed by atoms with Crippen LogP contribution in [-0.2, 0) is 13.6 Å². The van der Waals surface area contributed by atoms with Crippen molar-refractivity contribution in [1.29, 1.82) is 0 Å². The molecule has 3 N–H and O–H groups in total.